The highest BCUT2D eigenvalue weighted by molar-refractivity contribution is 5.95. The van der Waals surface area contributed by atoms with Gasteiger partial charge in [0, 0.05) is 5.70 Å². The zero-order valence-electron chi connectivity index (χ0n) is 17.0. The van der Waals surface area contributed by atoms with Gasteiger partial charge in [-0.2, -0.15) is 0 Å². The summed E-state index contributed by atoms with van der Waals surface area (Å²) in [5.41, 5.74) is 2.48. The first-order valence-electron chi connectivity index (χ1n) is 9.92. The Labute approximate surface area is 180 Å². The molecule has 3 aromatic rings. The molecule has 1 unspecified atom stereocenters. The monoisotopic (exact) mass is 414 g/mol. The smallest absolute Gasteiger partial charge is 0.338 e. The van der Waals surface area contributed by atoms with Crippen molar-refractivity contribution in [2.75, 3.05) is 0 Å². The van der Waals surface area contributed by atoms with Crippen LogP contribution in [0.2, 0.25) is 0 Å². The van der Waals surface area contributed by atoms with Gasteiger partial charge < -0.3 is 20.1 Å². The zero-order valence-corrected chi connectivity index (χ0v) is 17.0. The van der Waals surface area contributed by atoms with Crippen molar-refractivity contribution in [1.29, 1.82) is 0 Å². The Morgan fingerprint density at radius 3 is 2.16 bits per heavy atom. The molecule has 1 aliphatic rings. The van der Waals surface area contributed by atoms with Gasteiger partial charge in [-0.15, -0.1) is 0 Å². The van der Waals surface area contributed by atoms with Crippen LogP contribution in [0.4, 0.5) is 4.79 Å². The molecule has 4 rings (SSSR count). The lowest BCUT2D eigenvalue weighted by molar-refractivity contribution is -0.140. The maximum atomic E-state index is 12.9. The molecule has 1 heterocycles. The van der Waals surface area contributed by atoms with Crippen molar-refractivity contribution < 1.29 is 19.1 Å². The van der Waals surface area contributed by atoms with E-state index >= 15 is 0 Å². The Bertz CT molecular complexity index is 1090. The van der Waals surface area contributed by atoms with E-state index in [9.17, 15) is 9.59 Å². The van der Waals surface area contributed by atoms with Crippen LogP contribution in [0.5, 0.6) is 11.5 Å². The van der Waals surface area contributed by atoms with E-state index in [0.29, 0.717) is 17.0 Å². The quantitative estimate of drug-likeness (QED) is 0.566. The zero-order chi connectivity index (χ0) is 21.6. The summed E-state index contributed by atoms with van der Waals surface area (Å²) in [4.78, 5) is 25.0. The van der Waals surface area contributed by atoms with Gasteiger partial charge in [-0.25, -0.2) is 9.59 Å². The molecule has 1 aliphatic heterocycles. The third-order valence-corrected chi connectivity index (χ3v) is 4.89. The second-order valence-electron chi connectivity index (χ2n) is 7.12. The van der Waals surface area contributed by atoms with Crippen LogP contribution < -0.4 is 15.4 Å². The number of para-hydroxylation sites is 1. The predicted octanol–water partition coefficient (Wildman–Crippen LogP) is 4.85. The Kier molecular flexibility index (Phi) is 5.98. The molecule has 31 heavy (non-hydrogen) atoms. The lowest BCUT2D eigenvalue weighted by Gasteiger charge is -2.28. The van der Waals surface area contributed by atoms with E-state index in [1.807, 2.05) is 72.8 Å². The molecule has 0 spiro atoms. The molecule has 0 saturated carbocycles. The minimum Gasteiger partial charge on any atom is -0.457 e. The molecule has 2 amide bonds. The maximum absolute atomic E-state index is 12.9. The number of hydrogen-bond acceptors (Lipinski definition) is 4. The summed E-state index contributed by atoms with van der Waals surface area (Å²) in [6.45, 7) is 1.85. The summed E-state index contributed by atoms with van der Waals surface area (Å²) in [7, 11) is 0. The van der Waals surface area contributed by atoms with Gasteiger partial charge in [-0.3, -0.25) is 0 Å². The minimum atomic E-state index is -0.622. The molecule has 3 aromatic carbocycles. The number of amides is 2. The number of esters is 1. The second-order valence-corrected chi connectivity index (χ2v) is 7.12. The maximum Gasteiger partial charge on any atom is 0.338 e. The first kappa shape index (κ1) is 20.2. The fourth-order valence-corrected chi connectivity index (χ4v) is 3.37. The van der Waals surface area contributed by atoms with Crippen LogP contribution in [0.1, 0.15) is 24.1 Å². The van der Waals surface area contributed by atoms with Crippen LogP contribution in [0.15, 0.2) is 96.2 Å². The standard InChI is InChI=1S/C25H22N2O4/c1-17-22(24(28)30-16-18-8-4-2-5-9-18)23(27-25(29)26-17)19-12-14-21(15-13-19)31-20-10-6-3-7-11-20/h2-15,23H,16H2,1H3,(H2,26,27,29). The van der Waals surface area contributed by atoms with Crippen molar-refractivity contribution in [1.82, 2.24) is 10.6 Å². The van der Waals surface area contributed by atoms with Gasteiger partial charge in [0.1, 0.15) is 18.1 Å². The van der Waals surface area contributed by atoms with Gasteiger partial charge in [0.15, 0.2) is 0 Å². The summed E-state index contributed by atoms with van der Waals surface area (Å²) in [6.07, 6.45) is 0. The number of urea groups is 1. The van der Waals surface area contributed by atoms with Crippen molar-refractivity contribution >= 4 is 12.0 Å². The fraction of sp³-hybridized carbons (Fsp3) is 0.120. The largest absolute Gasteiger partial charge is 0.457 e. The molecule has 0 saturated heterocycles. The second kappa shape index (κ2) is 9.17. The summed E-state index contributed by atoms with van der Waals surface area (Å²) >= 11 is 0. The van der Waals surface area contributed by atoms with Gasteiger partial charge in [0.05, 0.1) is 11.6 Å². The molecule has 156 valence electrons. The molecule has 0 radical (unpaired) electrons. The Morgan fingerprint density at radius 2 is 1.48 bits per heavy atom. The molecule has 2 N–H and O–H groups in total. The van der Waals surface area contributed by atoms with E-state index in [-0.39, 0.29) is 12.6 Å². The molecular weight excluding hydrogens is 392 g/mol. The van der Waals surface area contributed by atoms with E-state index < -0.39 is 12.0 Å². The number of nitrogens with one attached hydrogen (secondary N) is 2. The van der Waals surface area contributed by atoms with E-state index in [4.69, 9.17) is 9.47 Å². The number of rotatable bonds is 6. The van der Waals surface area contributed by atoms with E-state index in [0.717, 1.165) is 16.9 Å². The van der Waals surface area contributed by atoms with Gasteiger partial charge in [-0.05, 0) is 42.3 Å². The van der Waals surface area contributed by atoms with Crippen LogP contribution >= 0.6 is 0 Å². The fourth-order valence-electron chi connectivity index (χ4n) is 3.37. The van der Waals surface area contributed by atoms with E-state index in [1.54, 1.807) is 19.1 Å². The molecule has 0 aliphatic carbocycles. The van der Waals surface area contributed by atoms with Crippen molar-refractivity contribution in [3.8, 4) is 11.5 Å². The summed E-state index contributed by atoms with van der Waals surface area (Å²) in [6, 6.07) is 25.2. The third-order valence-electron chi connectivity index (χ3n) is 4.89. The van der Waals surface area contributed by atoms with Gasteiger partial charge in [0.2, 0.25) is 0 Å². The van der Waals surface area contributed by atoms with Crippen LogP contribution in [0.25, 0.3) is 0 Å². The Balaban J connectivity index is 1.52. The van der Waals surface area contributed by atoms with Crippen molar-refractivity contribution in [2.45, 2.75) is 19.6 Å². The van der Waals surface area contributed by atoms with E-state index in [1.165, 1.54) is 0 Å². The molecule has 0 fully saturated rings. The number of ether oxygens (including phenoxy) is 2. The van der Waals surface area contributed by atoms with Crippen molar-refractivity contribution in [3.05, 3.63) is 107 Å². The lowest BCUT2D eigenvalue weighted by atomic mass is 9.95. The normalized spacial score (nSPS) is 15.6. The van der Waals surface area contributed by atoms with Crippen molar-refractivity contribution in [3.63, 3.8) is 0 Å². The van der Waals surface area contributed by atoms with Crippen LogP contribution in [0, 0.1) is 0 Å². The summed E-state index contributed by atoms with van der Waals surface area (Å²) in [5, 5.41) is 5.47. The first-order valence-corrected chi connectivity index (χ1v) is 9.92. The average Bonchev–Trinajstić information content (AvgIpc) is 2.79. The molecule has 0 bridgehead atoms. The van der Waals surface area contributed by atoms with Gasteiger partial charge in [-0.1, -0.05) is 60.7 Å². The molecule has 6 heteroatoms. The highest BCUT2D eigenvalue weighted by Crippen LogP contribution is 2.30. The lowest BCUT2D eigenvalue weighted by Crippen LogP contribution is -2.45. The number of allylic oxidation sites excluding steroid dienone is 1. The highest BCUT2D eigenvalue weighted by atomic mass is 16.5. The molecule has 0 aromatic heterocycles. The Hall–Kier alpha value is -4.06. The molecule has 6 nitrogen and oxygen atoms in total. The van der Waals surface area contributed by atoms with Crippen molar-refractivity contribution in [2.24, 2.45) is 0 Å². The average molecular weight is 414 g/mol. The minimum absolute atomic E-state index is 0.154. The number of benzene rings is 3. The Morgan fingerprint density at radius 1 is 0.871 bits per heavy atom. The van der Waals surface area contributed by atoms with Crippen LogP contribution in [-0.2, 0) is 16.1 Å². The first-order chi connectivity index (χ1) is 15.1. The third kappa shape index (κ3) is 4.93. The topological polar surface area (TPSA) is 76.7 Å². The van der Waals surface area contributed by atoms with E-state index in [2.05, 4.69) is 10.6 Å². The highest BCUT2D eigenvalue weighted by Gasteiger charge is 2.32. The van der Waals surface area contributed by atoms with Gasteiger partial charge >= 0.3 is 12.0 Å². The molecule has 1 atom stereocenters. The number of carbonyl (C=O) groups is 2. The van der Waals surface area contributed by atoms with Gasteiger partial charge in [0.25, 0.3) is 0 Å². The van der Waals surface area contributed by atoms with Crippen LogP contribution in [0.3, 0.4) is 0 Å². The van der Waals surface area contributed by atoms with Crippen LogP contribution in [-0.4, -0.2) is 12.0 Å². The summed E-state index contributed by atoms with van der Waals surface area (Å²) in [5.74, 6) is 0.902. The molecular formula is C25H22N2O4. The number of hydrogen-bond donors (Lipinski definition) is 2. The predicted molar refractivity (Wildman–Crippen MR) is 116 cm³/mol. The summed E-state index contributed by atoms with van der Waals surface area (Å²) < 4.78 is 11.3. The number of carbonyl (C=O) groups excluding carboxylic acids is 2. The SMILES string of the molecule is CC1=C(C(=O)OCc2ccccc2)C(c2ccc(Oc3ccccc3)cc2)NC(=O)N1.